The van der Waals surface area contributed by atoms with Crippen LogP contribution in [0, 0.1) is 11.8 Å². The standard InChI is InChI=1S/C19H26OS2/c1-2-3-4-5-9-14-10-8-11-15(20)18(14)19-21-16-12-6-7-13-17(16)22-19/h6-7,12-14,18-19H,2-5,8-11H2,1H3/t14-,18+/m0/s1. The molecule has 1 aliphatic heterocycles. The summed E-state index contributed by atoms with van der Waals surface area (Å²) in [5, 5.41) is 0. The zero-order chi connectivity index (χ0) is 15.4. The van der Waals surface area contributed by atoms with Gasteiger partial charge in [0.05, 0.1) is 4.58 Å². The molecule has 22 heavy (non-hydrogen) atoms. The number of benzene rings is 1. The Morgan fingerprint density at radius 3 is 2.50 bits per heavy atom. The maximum absolute atomic E-state index is 12.6. The van der Waals surface area contributed by atoms with Crippen molar-refractivity contribution in [2.24, 2.45) is 11.8 Å². The van der Waals surface area contributed by atoms with Crippen molar-refractivity contribution in [3.63, 3.8) is 0 Å². The Labute approximate surface area is 143 Å². The zero-order valence-corrected chi connectivity index (χ0v) is 15.1. The lowest BCUT2D eigenvalue weighted by Crippen LogP contribution is -2.34. The van der Waals surface area contributed by atoms with Gasteiger partial charge in [0.15, 0.2) is 0 Å². The van der Waals surface area contributed by atoms with Crippen molar-refractivity contribution in [2.75, 3.05) is 0 Å². The summed E-state index contributed by atoms with van der Waals surface area (Å²) in [6.07, 6.45) is 9.70. The number of hydrogen-bond donors (Lipinski definition) is 0. The fourth-order valence-electron chi connectivity index (χ4n) is 3.74. The summed E-state index contributed by atoms with van der Waals surface area (Å²) in [6, 6.07) is 8.63. The Morgan fingerprint density at radius 1 is 1.09 bits per heavy atom. The first-order valence-electron chi connectivity index (χ1n) is 8.74. The molecular weight excluding hydrogens is 308 g/mol. The van der Waals surface area contributed by atoms with E-state index in [1.165, 1.54) is 48.3 Å². The van der Waals surface area contributed by atoms with Crippen LogP contribution in [0.4, 0.5) is 0 Å². The Morgan fingerprint density at radius 2 is 1.82 bits per heavy atom. The molecule has 1 aromatic carbocycles. The maximum Gasteiger partial charge on any atom is 0.138 e. The third kappa shape index (κ3) is 3.73. The Bertz CT molecular complexity index is 489. The molecule has 0 amide bonds. The van der Waals surface area contributed by atoms with E-state index in [1.54, 1.807) is 0 Å². The molecule has 1 heterocycles. The lowest BCUT2D eigenvalue weighted by atomic mass is 9.76. The topological polar surface area (TPSA) is 17.1 Å². The van der Waals surface area contributed by atoms with E-state index in [0.29, 0.717) is 16.3 Å². The highest BCUT2D eigenvalue weighted by Crippen LogP contribution is 2.54. The van der Waals surface area contributed by atoms with Crippen LogP contribution in [0.5, 0.6) is 0 Å². The van der Waals surface area contributed by atoms with E-state index in [2.05, 4.69) is 31.2 Å². The van der Waals surface area contributed by atoms with Gasteiger partial charge in [-0.3, -0.25) is 4.79 Å². The monoisotopic (exact) mass is 334 g/mol. The van der Waals surface area contributed by atoms with Crippen LogP contribution in [-0.4, -0.2) is 10.4 Å². The quantitative estimate of drug-likeness (QED) is 0.579. The maximum atomic E-state index is 12.6. The molecule has 0 unspecified atom stereocenters. The van der Waals surface area contributed by atoms with E-state index < -0.39 is 0 Å². The highest BCUT2D eigenvalue weighted by atomic mass is 32.2. The number of rotatable bonds is 6. The second-order valence-electron chi connectivity index (χ2n) is 6.54. The largest absolute Gasteiger partial charge is 0.299 e. The molecule has 2 atom stereocenters. The van der Waals surface area contributed by atoms with Gasteiger partial charge >= 0.3 is 0 Å². The van der Waals surface area contributed by atoms with Gasteiger partial charge in [0.25, 0.3) is 0 Å². The predicted octanol–water partition coefficient (Wildman–Crippen LogP) is 6.17. The molecule has 0 saturated heterocycles. The van der Waals surface area contributed by atoms with Gasteiger partial charge in [0.2, 0.25) is 0 Å². The minimum atomic E-state index is 0.276. The van der Waals surface area contributed by atoms with Crippen molar-refractivity contribution in [1.29, 1.82) is 0 Å². The van der Waals surface area contributed by atoms with Gasteiger partial charge in [-0.25, -0.2) is 0 Å². The SMILES string of the molecule is CCCCCC[C@H]1CCCC(=O)[C@@H]1C1Sc2ccccc2S1. The minimum Gasteiger partial charge on any atom is -0.299 e. The first-order chi connectivity index (χ1) is 10.8. The van der Waals surface area contributed by atoms with Crippen molar-refractivity contribution < 1.29 is 4.79 Å². The normalized spacial score (nSPS) is 25.4. The van der Waals surface area contributed by atoms with Gasteiger partial charge in [-0.2, -0.15) is 0 Å². The van der Waals surface area contributed by atoms with Crippen LogP contribution in [0.25, 0.3) is 0 Å². The summed E-state index contributed by atoms with van der Waals surface area (Å²) < 4.78 is 0.418. The number of carbonyl (C=O) groups is 1. The van der Waals surface area contributed by atoms with Crippen LogP contribution < -0.4 is 0 Å². The highest BCUT2D eigenvalue weighted by molar-refractivity contribution is 8.19. The fraction of sp³-hybridized carbons (Fsp3) is 0.632. The van der Waals surface area contributed by atoms with E-state index in [0.717, 1.165) is 12.8 Å². The van der Waals surface area contributed by atoms with Crippen LogP contribution in [0.1, 0.15) is 58.3 Å². The number of carbonyl (C=O) groups excluding carboxylic acids is 1. The van der Waals surface area contributed by atoms with Gasteiger partial charge in [-0.1, -0.05) is 44.7 Å². The zero-order valence-electron chi connectivity index (χ0n) is 13.4. The Hall–Kier alpha value is -0.410. The van der Waals surface area contributed by atoms with Crippen LogP contribution in [0.3, 0.4) is 0 Å². The summed E-state index contributed by atoms with van der Waals surface area (Å²) >= 11 is 3.87. The van der Waals surface area contributed by atoms with Gasteiger partial charge in [-0.15, -0.1) is 23.5 Å². The van der Waals surface area contributed by atoms with E-state index >= 15 is 0 Å². The summed E-state index contributed by atoms with van der Waals surface area (Å²) in [7, 11) is 0. The lowest BCUT2D eigenvalue weighted by molar-refractivity contribution is -0.126. The average molecular weight is 335 g/mol. The highest BCUT2D eigenvalue weighted by Gasteiger charge is 2.40. The minimum absolute atomic E-state index is 0.276. The van der Waals surface area contributed by atoms with Crippen molar-refractivity contribution in [2.45, 2.75) is 72.7 Å². The molecule has 0 aromatic heterocycles. The Kier molecular flexibility index (Phi) is 5.92. The molecule has 1 aliphatic carbocycles. The fourth-order valence-corrected chi connectivity index (χ4v) is 7.07. The number of ketones is 1. The predicted molar refractivity (Wildman–Crippen MR) is 96.5 cm³/mol. The van der Waals surface area contributed by atoms with Crippen LogP contribution in [-0.2, 0) is 4.79 Å². The van der Waals surface area contributed by atoms with Crippen LogP contribution in [0.2, 0.25) is 0 Å². The van der Waals surface area contributed by atoms with E-state index in [-0.39, 0.29) is 5.92 Å². The summed E-state index contributed by atoms with van der Waals surface area (Å²) in [6.45, 7) is 2.26. The molecule has 1 fully saturated rings. The molecule has 3 heteroatoms. The molecule has 1 saturated carbocycles. The lowest BCUT2D eigenvalue weighted by Gasteiger charge is -2.33. The molecule has 0 radical (unpaired) electrons. The van der Waals surface area contributed by atoms with Gasteiger partial charge in [-0.05, 0) is 37.3 Å². The summed E-state index contributed by atoms with van der Waals surface area (Å²) in [5.41, 5.74) is 0. The van der Waals surface area contributed by atoms with Crippen LogP contribution >= 0.6 is 23.5 Å². The first kappa shape index (κ1) is 16.4. The molecule has 3 rings (SSSR count). The van der Waals surface area contributed by atoms with Crippen molar-refractivity contribution in [3.8, 4) is 0 Å². The molecule has 1 nitrogen and oxygen atoms in total. The van der Waals surface area contributed by atoms with Gasteiger partial charge in [0.1, 0.15) is 5.78 Å². The molecule has 0 bridgehead atoms. The number of fused-ring (bicyclic) bond motifs is 1. The van der Waals surface area contributed by atoms with E-state index in [1.807, 2.05) is 23.5 Å². The molecule has 1 aromatic rings. The smallest absolute Gasteiger partial charge is 0.138 e. The summed E-state index contributed by atoms with van der Waals surface area (Å²) in [5.74, 6) is 1.43. The van der Waals surface area contributed by atoms with Gasteiger partial charge < -0.3 is 0 Å². The number of thioether (sulfide) groups is 2. The third-order valence-corrected chi connectivity index (χ3v) is 7.91. The molecular formula is C19H26OS2. The average Bonchev–Trinajstić information content (AvgIpc) is 2.95. The Balaban J connectivity index is 1.65. The van der Waals surface area contributed by atoms with Crippen molar-refractivity contribution >= 4 is 29.3 Å². The van der Waals surface area contributed by atoms with E-state index in [4.69, 9.17) is 0 Å². The number of Topliss-reactive ketones (excluding diaryl/α,β-unsaturated/α-hetero) is 1. The van der Waals surface area contributed by atoms with Crippen LogP contribution in [0.15, 0.2) is 34.1 Å². The second-order valence-corrected chi connectivity index (χ2v) is 9.21. The van der Waals surface area contributed by atoms with Gasteiger partial charge in [0, 0.05) is 22.1 Å². The molecule has 2 aliphatic rings. The molecule has 0 spiro atoms. The van der Waals surface area contributed by atoms with Crippen molar-refractivity contribution in [1.82, 2.24) is 0 Å². The third-order valence-electron chi connectivity index (χ3n) is 4.93. The molecule has 120 valence electrons. The second kappa shape index (κ2) is 7.92. The molecule has 0 N–H and O–H groups in total. The van der Waals surface area contributed by atoms with E-state index in [9.17, 15) is 4.79 Å². The van der Waals surface area contributed by atoms with Crippen molar-refractivity contribution in [3.05, 3.63) is 24.3 Å². The number of unbranched alkanes of at least 4 members (excludes halogenated alkanes) is 3. The first-order valence-corrected chi connectivity index (χ1v) is 10.5. The summed E-state index contributed by atoms with van der Waals surface area (Å²) in [4.78, 5) is 15.4. The number of hydrogen-bond acceptors (Lipinski definition) is 3.